The molecule has 0 aromatic carbocycles. The molecule has 0 fully saturated rings. The predicted octanol–water partition coefficient (Wildman–Crippen LogP) is 2.94. The van der Waals surface area contributed by atoms with Crippen LogP contribution >= 0.6 is 11.8 Å². The second-order valence-corrected chi connectivity index (χ2v) is 4.65. The number of oxazole rings is 1. The minimum atomic E-state index is 0.311. The summed E-state index contributed by atoms with van der Waals surface area (Å²) in [7, 11) is 0. The summed E-state index contributed by atoms with van der Waals surface area (Å²) in [5.41, 5.74) is 0.984. The van der Waals surface area contributed by atoms with E-state index < -0.39 is 0 Å². The monoisotopic (exact) mass is 229 g/mol. The van der Waals surface area contributed by atoms with Crippen LogP contribution < -0.4 is 0 Å². The number of aryl methyl sites for hydroxylation is 2. The molecule has 1 N–H and O–H groups in total. The highest BCUT2D eigenvalue weighted by molar-refractivity contribution is 7.99. The number of hydrogen-bond acceptors (Lipinski definition) is 4. The van der Waals surface area contributed by atoms with E-state index in [1.54, 1.807) is 11.8 Å². The topological polar surface area (TPSA) is 46.3 Å². The van der Waals surface area contributed by atoms with Crippen molar-refractivity contribution in [3.05, 3.63) is 11.5 Å². The summed E-state index contributed by atoms with van der Waals surface area (Å²) in [6.45, 7) is 4.21. The van der Waals surface area contributed by atoms with Crippen LogP contribution in [0.25, 0.3) is 0 Å². The predicted molar refractivity (Wildman–Crippen MR) is 62.3 cm³/mol. The van der Waals surface area contributed by atoms with Gasteiger partial charge in [-0.15, -0.1) is 0 Å². The van der Waals surface area contributed by atoms with Crippen molar-refractivity contribution in [2.45, 2.75) is 44.8 Å². The molecule has 0 unspecified atom stereocenters. The molecule has 0 spiro atoms. The zero-order valence-electron chi connectivity index (χ0n) is 9.45. The van der Waals surface area contributed by atoms with Crippen molar-refractivity contribution >= 4 is 11.8 Å². The van der Waals surface area contributed by atoms with Crippen LogP contribution in [0.5, 0.6) is 0 Å². The van der Waals surface area contributed by atoms with E-state index in [4.69, 9.17) is 9.52 Å². The van der Waals surface area contributed by atoms with Crippen molar-refractivity contribution in [3.8, 4) is 0 Å². The van der Waals surface area contributed by atoms with Gasteiger partial charge in [-0.25, -0.2) is 4.98 Å². The van der Waals surface area contributed by atoms with Gasteiger partial charge in [0.1, 0.15) is 5.76 Å². The van der Waals surface area contributed by atoms with Gasteiger partial charge in [0.25, 0.3) is 5.22 Å². The van der Waals surface area contributed by atoms with Gasteiger partial charge >= 0.3 is 0 Å². The summed E-state index contributed by atoms with van der Waals surface area (Å²) in [5.74, 6) is 1.96. The zero-order valence-corrected chi connectivity index (χ0v) is 10.3. The number of aliphatic hydroxyl groups is 1. The molecule has 1 rings (SSSR count). The van der Waals surface area contributed by atoms with Crippen LogP contribution in [0.4, 0.5) is 0 Å². The molecule has 3 nitrogen and oxygen atoms in total. The number of hydrogen-bond donors (Lipinski definition) is 1. The molecule has 1 heterocycles. The van der Waals surface area contributed by atoms with Crippen LogP contribution in [0.3, 0.4) is 0 Å². The fourth-order valence-electron chi connectivity index (χ4n) is 1.23. The smallest absolute Gasteiger partial charge is 0.256 e. The lowest BCUT2D eigenvalue weighted by Crippen LogP contribution is -1.85. The molecule has 15 heavy (non-hydrogen) atoms. The number of unbranched alkanes of at least 4 members (excludes halogenated alkanes) is 3. The molecule has 1 aromatic heterocycles. The highest BCUT2D eigenvalue weighted by Crippen LogP contribution is 2.21. The van der Waals surface area contributed by atoms with Gasteiger partial charge in [0.05, 0.1) is 5.69 Å². The summed E-state index contributed by atoms with van der Waals surface area (Å²) in [6.07, 6.45) is 4.36. The van der Waals surface area contributed by atoms with Crippen molar-refractivity contribution in [2.24, 2.45) is 0 Å². The largest absolute Gasteiger partial charge is 0.437 e. The molecule has 0 aliphatic rings. The molecule has 0 saturated heterocycles. The Bertz CT molecular complexity index is 267. The van der Waals surface area contributed by atoms with Crippen LogP contribution in [-0.4, -0.2) is 22.5 Å². The van der Waals surface area contributed by atoms with Gasteiger partial charge in [-0.05, 0) is 26.7 Å². The molecule has 0 bridgehead atoms. The van der Waals surface area contributed by atoms with E-state index in [0.29, 0.717) is 6.61 Å². The highest BCUT2D eigenvalue weighted by atomic mass is 32.2. The number of rotatable bonds is 7. The van der Waals surface area contributed by atoms with Gasteiger partial charge in [0, 0.05) is 12.4 Å². The van der Waals surface area contributed by atoms with Crippen molar-refractivity contribution in [1.82, 2.24) is 4.98 Å². The maximum Gasteiger partial charge on any atom is 0.256 e. The van der Waals surface area contributed by atoms with Crippen molar-refractivity contribution < 1.29 is 9.52 Å². The van der Waals surface area contributed by atoms with Crippen LogP contribution in [0.15, 0.2) is 9.64 Å². The lowest BCUT2D eigenvalue weighted by atomic mass is 10.2. The second-order valence-electron chi connectivity index (χ2n) is 3.61. The Labute approximate surface area is 95.3 Å². The van der Waals surface area contributed by atoms with E-state index in [1.807, 2.05) is 13.8 Å². The molecule has 86 valence electrons. The summed E-state index contributed by atoms with van der Waals surface area (Å²) in [4.78, 5) is 4.30. The fraction of sp³-hybridized carbons (Fsp3) is 0.727. The van der Waals surface area contributed by atoms with Gasteiger partial charge in [-0.2, -0.15) is 0 Å². The first-order valence-electron chi connectivity index (χ1n) is 5.41. The molecule has 0 aliphatic heterocycles. The number of thioether (sulfide) groups is 1. The molecular weight excluding hydrogens is 210 g/mol. The van der Waals surface area contributed by atoms with Crippen molar-refractivity contribution in [3.63, 3.8) is 0 Å². The number of aromatic nitrogens is 1. The third kappa shape index (κ3) is 4.71. The minimum absolute atomic E-state index is 0.311. The molecule has 0 saturated carbocycles. The van der Waals surface area contributed by atoms with Crippen LogP contribution in [-0.2, 0) is 0 Å². The molecule has 0 aliphatic carbocycles. The van der Waals surface area contributed by atoms with Gasteiger partial charge < -0.3 is 9.52 Å². The highest BCUT2D eigenvalue weighted by Gasteiger charge is 2.04. The number of aliphatic hydroxyl groups excluding tert-OH is 1. The summed E-state index contributed by atoms with van der Waals surface area (Å²) in [5, 5.41) is 9.39. The van der Waals surface area contributed by atoms with E-state index in [0.717, 1.165) is 41.7 Å². The minimum Gasteiger partial charge on any atom is -0.437 e. The normalized spacial score (nSPS) is 10.9. The van der Waals surface area contributed by atoms with Gasteiger partial charge in [0.15, 0.2) is 0 Å². The quantitative estimate of drug-likeness (QED) is 0.577. The number of nitrogens with zero attached hydrogens (tertiary/aromatic N) is 1. The van der Waals surface area contributed by atoms with Gasteiger partial charge in [0.2, 0.25) is 0 Å². The summed E-state index contributed by atoms with van der Waals surface area (Å²) in [6, 6.07) is 0. The Morgan fingerprint density at radius 1 is 1.20 bits per heavy atom. The fourth-order valence-corrected chi connectivity index (χ4v) is 2.14. The maximum atomic E-state index is 8.60. The lowest BCUT2D eigenvalue weighted by Gasteiger charge is -1.97. The van der Waals surface area contributed by atoms with Crippen LogP contribution in [0.1, 0.15) is 37.1 Å². The first-order chi connectivity index (χ1) is 7.24. The van der Waals surface area contributed by atoms with Gasteiger partial charge in [-0.1, -0.05) is 24.6 Å². The van der Waals surface area contributed by atoms with E-state index in [-0.39, 0.29) is 0 Å². The van der Waals surface area contributed by atoms with Gasteiger partial charge in [-0.3, -0.25) is 0 Å². The average Bonchev–Trinajstić information content (AvgIpc) is 2.52. The Balaban J connectivity index is 2.10. The van der Waals surface area contributed by atoms with Crippen molar-refractivity contribution in [2.75, 3.05) is 12.4 Å². The Morgan fingerprint density at radius 2 is 1.93 bits per heavy atom. The third-order valence-electron chi connectivity index (χ3n) is 2.29. The molecule has 0 amide bonds. The molecule has 4 heteroatoms. The average molecular weight is 229 g/mol. The molecule has 0 atom stereocenters. The second kappa shape index (κ2) is 6.90. The Kier molecular flexibility index (Phi) is 5.79. The zero-order chi connectivity index (χ0) is 11.1. The van der Waals surface area contributed by atoms with Crippen LogP contribution in [0.2, 0.25) is 0 Å². The lowest BCUT2D eigenvalue weighted by molar-refractivity contribution is 0.283. The van der Waals surface area contributed by atoms with E-state index in [1.165, 1.54) is 6.42 Å². The van der Waals surface area contributed by atoms with E-state index in [2.05, 4.69) is 4.98 Å². The third-order valence-corrected chi connectivity index (χ3v) is 3.20. The molecule has 1 aromatic rings. The first-order valence-corrected chi connectivity index (χ1v) is 6.40. The standard InChI is InChI=1S/C11H19NO2S/c1-9-10(2)14-11(12-9)15-8-6-4-3-5-7-13/h13H,3-8H2,1-2H3. The maximum absolute atomic E-state index is 8.60. The molecule has 0 radical (unpaired) electrons. The Morgan fingerprint density at radius 3 is 2.53 bits per heavy atom. The Hall–Kier alpha value is -0.480. The molecular formula is C11H19NO2S. The first kappa shape index (κ1) is 12.6. The summed E-state index contributed by atoms with van der Waals surface area (Å²) < 4.78 is 5.45. The van der Waals surface area contributed by atoms with Crippen molar-refractivity contribution in [1.29, 1.82) is 0 Å². The van der Waals surface area contributed by atoms with Crippen LogP contribution in [0, 0.1) is 13.8 Å². The summed E-state index contributed by atoms with van der Waals surface area (Å²) >= 11 is 1.67. The van der Waals surface area contributed by atoms with E-state index in [9.17, 15) is 0 Å². The SMILES string of the molecule is Cc1nc(SCCCCCCO)oc1C. The van der Waals surface area contributed by atoms with E-state index >= 15 is 0 Å².